The molecule has 1 aliphatic rings. The quantitative estimate of drug-likeness (QED) is 0.872. The molecule has 1 fully saturated rings. The molecule has 19 heavy (non-hydrogen) atoms. The van der Waals surface area contributed by atoms with Crippen LogP contribution in [0.2, 0.25) is 0 Å². The average Bonchev–Trinajstić information content (AvgIpc) is 2.80. The zero-order valence-electron chi connectivity index (χ0n) is 12.2. The van der Waals surface area contributed by atoms with Gasteiger partial charge in [-0.1, -0.05) is 17.7 Å². The van der Waals surface area contributed by atoms with Crippen LogP contribution >= 0.6 is 0 Å². The molecule has 0 bridgehead atoms. The van der Waals surface area contributed by atoms with E-state index in [0.29, 0.717) is 19.0 Å². The second-order valence-corrected chi connectivity index (χ2v) is 5.65. The maximum Gasteiger partial charge on any atom is 0.221 e. The van der Waals surface area contributed by atoms with Crippen LogP contribution < -0.4 is 10.6 Å². The van der Waals surface area contributed by atoms with E-state index in [9.17, 15) is 4.79 Å². The van der Waals surface area contributed by atoms with Gasteiger partial charge in [-0.3, -0.25) is 4.79 Å². The maximum absolute atomic E-state index is 11.9. The predicted molar refractivity (Wildman–Crippen MR) is 78.1 cm³/mol. The summed E-state index contributed by atoms with van der Waals surface area (Å²) in [6.45, 7) is 8.02. The third-order valence-electron chi connectivity index (χ3n) is 3.90. The molecule has 1 atom stereocenters. The van der Waals surface area contributed by atoms with E-state index in [0.717, 1.165) is 13.0 Å². The Morgan fingerprint density at radius 2 is 2.00 bits per heavy atom. The molecular weight excluding hydrogens is 236 g/mol. The first-order valence-electron chi connectivity index (χ1n) is 7.13. The van der Waals surface area contributed by atoms with Gasteiger partial charge in [-0.2, -0.15) is 0 Å². The number of hydrogen-bond acceptors (Lipinski definition) is 2. The summed E-state index contributed by atoms with van der Waals surface area (Å²) in [5, 5.41) is 6.40. The highest BCUT2D eigenvalue weighted by molar-refractivity contribution is 5.76. The third kappa shape index (κ3) is 3.80. The van der Waals surface area contributed by atoms with Crippen LogP contribution in [-0.2, 0) is 11.3 Å². The second-order valence-electron chi connectivity index (χ2n) is 5.65. The van der Waals surface area contributed by atoms with Crippen molar-refractivity contribution in [1.82, 2.24) is 10.6 Å². The Morgan fingerprint density at radius 3 is 2.58 bits per heavy atom. The van der Waals surface area contributed by atoms with E-state index in [1.165, 1.54) is 28.7 Å². The van der Waals surface area contributed by atoms with E-state index < -0.39 is 0 Å². The summed E-state index contributed by atoms with van der Waals surface area (Å²) < 4.78 is 0. The maximum atomic E-state index is 11.9. The number of hydrogen-bond donors (Lipinski definition) is 2. The minimum Gasteiger partial charge on any atom is -0.352 e. The van der Waals surface area contributed by atoms with Gasteiger partial charge in [0.15, 0.2) is 0 Å². The number of aryl methyl sites for hydroxylation is 3. The van der Waals surface area contributed by atoms with Crippen molar-refractivity contribution in [2.75, 3.05) is 6.54 Å². The molecule has 0 aromatic heterocycles. The molecule has 1 aromatic carbocycles. The van der Waals surface area contributed by atoms with Gasteiger partial charge in [0.05, 0.1) is 0 Å². The van der Waals surface area contributed by atoms with E-state index >= 15 is 0 Å². The number of rotatable bonds is 4. The highest BCUT2D eigenvalue weighted by Crippen LogP contribution is 2.16. The molecule has 1 aliphatic heterocycles. The summed E-state index contributed by atoms with van der Waals surface area (Å²) >= 11 is 0. The lowest BCUT2D eigenvalue weighted by Gasteiger charge is -2.14. The van der Waals surface area contributed by atoms with Gasteiger partial charge in [-0.25, -0.2) is 0 Å². The molecular formula is C16H24N2O. The number of carbonyl (C=O) groups excluding carboxylic acids is 1. The number of carbonyl (C=O) groups is 1. The van der Waals surface area contributed by atoms with Crippen LogP contribution in [0.3, 0.4) is 0 Å². The van der Waals surface area contributed by atoms with E-state index in [1.807, 2.05) is 0 Å². The van der Waals surface area contributed by atoms with Crippen LogP contribution in [0.25, 0.3) is 0 Å². The van der Waals surface area contributed by atoms with Crippen molar-refractivity contribution in [1.29, 1.82) is 0 Å². The average molecular weight is 260 g/mol. The van der Waals surface area contributed by atoms with E-state index in [2.05, 4.69) is 43.5 Å². The van der Waals surface area contributed by atoms with E-state index in [4.69, 9.17) is 0 Å². The van der Waals surface area contributed by atoms with Crippen molar-refractivity contribution >= 4 is 5.91 Å². The highest BCUT2D eigenvalue weighted by atomic mass is 16.1. The smallest absolute Gasteiger partial charge is 0.221 e. The Hall–Kier alpha value is -1.35. The molecule has 2 rings (SSSR count). The minimum absolute atomic E-state index is 0.152. The monoisotopic (exact) mass is 260 g/mol. The van der Waals surface area contributed by atoms with Crippen molar-refractivity contribution in [2.45, 2.75) is 52.6 Å². The van der Waals surface area contributed by atoms with Gasteiger partial charge in [-0.05, 0) is 56.8 Å². The molecule has 3 heteroatoms. The summed E-state index contributed by atoms with van der Waals surface area (Å²) in [6.07, 6.45) is 2.91. The zero-order chi connectivity index (χ0) is 13.8. The fraction of sp³-hybridized carbons (Fsp3) is 0.562. The molecule has 1 amide bonds. The lowest BCUT2D eigenvalue weighted by molar-refractivity contribution is -0.121. The Balaban J connectivity index is 1.89. The highest BCUT2D eigenvalue weighted by Gasteiger charge is 2.17. The fourth-order valence-corrected chi connectivity index (χ4v) is 2.90. The molecule has 3 nitrogen and oxygen atoms in total. The molecule has 0 aliphatic carbocycles. The first kappa shape index (κ1) is 14.1. The molecule has 0 spiro atoms. The molecule has 0 radical (unpaired) electrons. The van der Waals surface area contributed by atoms with Crippen LogP contribution in [0.5, 0.6) is 0 Å². The van der Waals surface area contributed by atoms with Crippen molar-refractivity contribution < 1.29 is 4.79 Å². The van der Waals surface area contributed by atoms with Gasteiger partial charge in [0.25, 0.3) is 0 Å². The normalized spacial score (nSPS) is 18.6. The third-order valence-corrected chi connectivity index (χ3v) is 3.90. The first-order valence-corrected chi connectivity index (χ1v) is 7.13. The molecule has 1 heterocycles. The molecule has 1 aromatic rings. The molecule has 2 N–H and O–H groups in total. The van der Waals surface area contributed by atoms with Crippen LogP contribution in [0.15, 0.2) is 12.1 Å². The predicted octanol–water partition coefficient (Wildman–Crippen LogP) is 2.37. The number of amides is 1. The largest absolute Gasteiger partial charge is 0.352 e. The number of benzene rings is 1. The van der Waals surface area contributed by atoms with Crippen LogP contribution in [0.1, 0.15) is 41.5 Å². The Bertz CT molecular complexity index is 439. The Kier molecular flexibility index (Phi) is 4.59. The van der Waals surface area contributed by atoms with Crippen molar-refractivity contribution in [3.8, 4) is 0 Å². The lowest BCUT2D eigenvalue weighted by atomic mass is 10.00. The van der Waals surface area contributed by atoms with E-state index in [-0.39, 0.29) is 5.91 Å². The Labute approximate surface area is 115 Å². The van der Waals surface area contributed by atoms with Gasteiger partial charge in [0.1, 0.15) is 0 Å². The van der Waals surface area contributed by atoms with Crippen molar-refractivity contribution in [3.63, 3.8) is 0 Å². The van der Waals surface area contributed by atoms with Crippen LogP contribution in [-0.4, -0.2) is 18.5 Å². The topological polar surface area (TPSA) is 41.1 Å². The van der Waals surface area contributed by atoms with Crippen molar-refractivity contribution in [3.05, 3.63) is 34.4 Å². The summed E-state index contributed by atoms with van der Waals surface area (Å²) in [4.78, 5) is 11.9. The second kappa shape index (κ2) is 6.20. The molecule has 1 saturated heterocycles. The Morgan fingerprint density at radius 1 is 1.32 bits per heavy atom. The standard InChI is InChI=1S/C16H24N2O/c1-11-7-12(2)15(13(3)8-11)10-18-16(19)9-14-5-4-6-17-14/h7-8,14,17H,4-6,9-10H2,1-3H3,(H,18,19). The van der Waals surface area contributed by atoms with Gasteiger partial charge in [0, 0.05) is 19.0 Å². The summed E-state index contributed by atoms with van der Waals surface area (Å²) in [6, 6.07) is 4.72. The lowest BCUT2D eigenvalue weighted by Crippen LogP contribution is -2.31. The zero-order valence-corrected chi connectivity index (χ0v) is 12.2. The molecule has 0 saturated carbocycles. The SMILES string of the molecule is Cc1cc(C)c(CNC(=O)CC2CCCN2)c(C)c1. The summed E-state index contributed by atoms with van der Waals surface area (Å²) in [5.74, 6) is 0.152. The minimum atomic E-state index is 0.152. The molecule has 104 valence electrons. The van der Waals surface area contributed by atoms with E-state index in [1.54, 1.807) is 0 Å². The van der Waals surface area contributed by atoms with Gasteiger partial charge in [0.2, 0.25) is 5.91 Å². The molecule has 1 unspecified atom stereocenters. The van der Waals surface area contributed by atoms with Crippen LogP contribution in [0.4, 0.5) is 0 Å². The number of nitrogens with one attached hydrogen (secondary N) is 2. The van der Waals surface area contributed by atoms with Gasteiger partial charge < -0.3 is 10.6 Å². The fourth-order valence-electron chi connectivity index (χ4n) is 2.90. The van der Waals surface area contributed by atoms with Crippen LogP contribution in [0, 0.1) is 20.8 Å². The summed E-state index contributed by atoms with van der Waals surface area (Å²) in [7, 11) is 0. The summed E-state index contributed by atoms with van der Waals surface area (Å²) in [5.41, 5.74) is 5.05. The first-order chi connectivity index (χ1) is 9.06. The van der Waals surface area contributed by atoms with Crippen molar-refractivity contribution in [2.24, 2.45) is 0 Å². The van der Waals surface area contributed by atoms with Gasteiger partial charge in [-0.15, -0.1) is 0 Å². The van der Waals surface area contributed by atoms with Gasteiger partial charge >= 0.3 is 0 Å².